The largest absolute Gasteiger partial charge is 0.357 e. The minimum Gasteiger partial charge on any atom is -0.357 e. The minimum atomic E-state index is -0.433. The maximum absolute atomic E-state index is 13.6. The second kappa shape index (κ2) is 9.71. The van der Waals surface area contributed by atoms with Gasteiger partial charge in [-0.15, -0.1) is 0 Å². The van der Waals surface area contributed by atoms with Crippen molar-refractivity contribution in [3.05, 3.63) is 65.0 Å². The third-order valence-electron chi connectivity index (χ3n) is 3.68. The number of hydrogen-bond acceptors (Lipinski definition) is 2. The van der Waals surface area contributed by atoms with E-state index in [0.29, 0.717) is 31.0 Å². The Morgan fingerprint density at radius 2 is 1.96 bits per heavy atom. The molecule has 1 aromatic carbocycles. The van der Waals surface area contributed by atoms with Gasteiger partial charge in [-0.25, -0.2) is 8.78 Å². The number of aryl methyl sites for hydroxylation is 1. The lowest BCUT2D eigenvalue weighted by atomic mass is 10.1. The zero-order valence-corrected chi connectivity index (χ0v) is 14.6. The van der Waals surface area contributed by atoms with Crippen molar-refractivity contribution in [1.82, 2.24) is 15.6 Å². The zero-order chi connectivity index (χ0) is 18.1. The molecule has 0 fully saturated rings. The van der Waals surface area contributed by atoms with Crippen molar-refractivity contribution in [2.45, 2.75) is 26.7 Å². The molecule has 0 aliphatic carbocycles. The van der Waals surface area contributed by atoms with Crippen LogP contribution in [0.3, 0.4) is 0 Å². The Morgan fingerprint density at radius 1 is 1.12 bits per heavy atom. The van der Waals surface area contributed by atoms with Crippen LogP contribution in [0, 0.1) is 18.6 Å². The number of pyridine rings is 1. The first-order valence-electron chi connectivity index (χ1n) is 8.46. The van der Waals surface area contributed by atoms with Crippen LogP contribution in [0.2, 0.25) is 0 Å². The van der Waals surface area contributed by atoms with Gasteiger partial charge in [0.15, 0.2) is 5.96 Å². The van der Waals surface area contributed by atoms with Gasteiger partial charge in [-0.3, -0.25) is 9.98 Å². The summed E-state index contributed by atoms with van der Waals surface area (Å²) in [5.41, 5.74) is 2.48. The van der Waals surface area contributed by atoms with E-state index < -0.39 is 11.6 Å². The Bertz CT molecular complexity index is 699. The average molecular weight is 346 g/mol. The van der Waals surface area contributed by atoms with E-state index in [1.54, 1.807) is 0 Å². The predicted molar refractivity (Wildman–Crippen MR) is 96.7 cm³/mol. The fourth-order valence-corrected chi connectivity index (χ4v) is 2.34. The van der Waals surface area contributed by atoms with E-state index in [1.165, 1.54) is 6.07 Å². The van der Waals surface area contributed by atoms with Crippen molar-refractivity contribution in [2.24, 2.45) is 4.99 Å². The van der Waals surface area contributed by atoms with Crippen LogP contribution in [-0.4, -0.2) is 30.6 Å². The number of guanidine groups is 1. The third-order valence-corrected chi connectivity index (χ3v) is 3.68. The molecule has 6 heteroatoms. The molecular weight excluding hydrogens is 322 g/mol. The normalized spacial score (nSPS) is 11.4. The molecular formula is C19H24F2N4. The van der Waals surface area contributed by atoms with Gasteiger partial charge in [0.2, 0.25) is 0 Å². The fourth-order valence-electron chi connectivity index (χ4n) is 2.34. The van der Waals surface area contributed by atoms with Crippen molar-refractivity contribution in [3.63, 3.8) is 0 Å². The van der Waals surface area contributed by atoms with Crippen LogP contribution in [0.5, 0.6) is 0 Å². The number of nitrogens with zero attached hydrogens (tertiary/aromatic N) is 2. The fraction of sp³-hybridized carbons (Fsp3) is 0.368. The monoisotopic (exact) mass is 346 g/mol. The molecule has 134 valence electrons. The summed E-state index contributed by atoms with van der Waals surface area (Å²) < 4.78 is 26.8. The Morgan fingerprint density at radius 3 is 2.68 bits per heavy atom. The number of halogens is 2. The highest BCUT2D eigenvalue weighted by Crippen LogP contribution is 2.10. The third kappa shape index (κ3) is 6.49. The quantitative estimate of drug-likeness (QED) is 0.598. The topological polar surface area (TPSA) is 49.3 Å². The summed E-state index contributed by atoms with van der Waals surface area (Å²) in [4.78, 5) is 8.69. The molecule has 0 aliphatic rings. The van der Waals surface area contributed by atoms with Crippen molar-refractivity contribution >= 4 is 5.96 Å². The van der Waals surface area contributed by atoms with Gasteiger partial charge in [0.1, 0.15) is 11.6 Å². The molecule has 0 aliphatic heterocycles. The van der Waals surface area contributed by atoms with Crippen molar-refractivity contribution in [3.8, 4) is 0 Å². The number of aromatic nitrogens is 1. The van der Waals surface area contributed by atoms with Gasteiger partial charge in [-0.05, 0) is 62.1 Å². The SMILES string of the molecule is CCNC(=NCCc1cc(F)ccc1F)NCCc1ccc(C)nc1. The summed E-state index contributed by atoms with van der Waals surface area (Å²) in [6, 6.07) is 7.53. The molecule has 2 aromatic rings. The van der Waals surface area contributed by atoms with Gasteiger partial charge in [-0.1, -0.05) is 6.07 Å². The maximum atomic E-state index is 13.6. The highest BCUT2D eigenvalue weighted by atomic mass is 19.1. The molecule has 0 spiro atoms. The molecule has 0 saturated heterocycles. The highest BCUT2D eigenvalue weighted by Gasteiger charge is 2.04. The number of nitrogens with one attached hydrogen (secondary N) is 2. The maximum Gasteiger partial charge on any atom is 0.191 e. The molecule has 1 aromatic heterocycles. The molecule has 0 unspecified atom stereocenters. The molecule has 0 amide bonds. The molecule has 0 saturated carbocycles. The van der Waals surface area contributed by atoms with Gasteiger partial charge >= 0.3 is 0 Å². The van der Waals surface area contributed by atoms with Crippen LogP contribution < -0.4 is 10.6 Å². The molecule has 0 bridgehead atoms. The molecule has 0 atom stereocenters. The number of benzene rings is 1. The Labute approximate surface area is 147 Å². The lowest BCUT2D eigenvalue weighted by molar-refractivity contribution is 0.585. The first kappa shape index (κ1) is 18.8. The number of hydrogen-bond donors (Lipinski definition) is 2. The second-order valence-corrected chi connectivity index (χ2v) is 5.73. The zero-order valence-electron chi connectivity index (χ0n) is 14.6. The Kier molecular flexibility index (Phi) is 7.32. The smallest absolute Gasteiger partial charge is 0.191 e. The summed E-state index contributed by atoms with van der Waals surface area (Å²) in [6.45, 7) is 5.76. The van der Waals surface area contributed by atoms with Crippen LogP contribution in [-0.2, 0) is 12.8 Å². The van der Waals surface area contributed by atoms with Crippen LogP contribution in [0.4, 0.5) is 8.78 Å². The summed E-state index contributed by atoms with van der Waals surface area (Å²) >= 11 is 0. The van der Waals surface area contributed by atoms with Crippen molar-refractivity contribution in [1.29, 1.82) is 0 Å². The van der Waals surface area contributed by atoms with E-state index in [-0.39, 0.29) is 0 Å². The lowest BCUT2D eigenvalue weighted by Crippen LogP contribution is -2.38. The van der Waals surface area contributed by atoms with Gasteiger partial charge in [-0.2, -0.15) is 0 Å². The minimum absolute atomic E-state index is 0.338. The second-order valence-electron chi connectivity index (χ2n) is 5.73. The van der Waals surface area contributed by atoms with Crippen molar-refractivity contribution in [2.75, 3.05) is 19.6 Å². The molecule has 4 nitrogen and oxygen atoms in total. The van der Waals surface area contributed by atoms with Crippen LogP contribution in [0.25, 0.3) is 0 Å². The average Bonchev–Trinajstić information content (AvgIpc) is 2.59. The molecule has 2 rings (SSSR count). The summed E-state index contributed by atoms with van der Waals surface area (Å²) in [5, 5.41) is 6.39. The molecule has 25 heavy (non-hydrogen) atoms. The first-order valence-corrected chi connectivity index (χ1v) is 8.46. The first-order chi connectivity index (χ1) is 12.1. The van der Waals surface area contributed by atoms with Crippen LogP contribution >= 0.6 is 0 Å². The lowest BCUT2D eigenvalue weighted by Gasteiger charge is -2.11. The van der Waals surface area contributed by atoms with Crippen molar-refractivity contribution < 1.29 is 8.78 Å². The van der Waals surface area contributed by atoms with Gasteiger partial charge in [0.25, 0.3) is 0 Å². The van der Waals surface area contributed by atoms with E-state index >= 15 is 0 Å². The summed E-state index contributed by atoms with van der Waals surface area (Å²) in [5.74, 6) is -0.169. The van der Waals surface area contributed by atoms with Gasteiger partial charge < -0.3 is 10.6 Å². The van der Waals surface area contributed by atoms with E-state index in [2.05, 4.69) is 26.7 Å². The Hall–Kier alpha value is -2.50. The number of aliphatic imine (C=N–C) groups is 1. The van der Waals surface area contributed by atoms with E-state index in [0.717, 1.165) is 36.4 Å². The molecule has 1 heterocycles. The van der Waals surface area contributed by atoms with Gasteiger partial charge in [0, 0.05) is 31.5 Å². The summed E-state index contributed by atoms with van der Waals surface area (Å²) in [7, 11) is 0. The van der Waals surface area contributed by atoms with E-state index in [9.17, 15) is 8.78 Å². The van der Waals surface area contributed by atoms with E-state index in [4.69, 9.17) is 0 Å². The summed E-state index contributed by atoms with van der Waals surface area (Å²) in [6.07, 6.45) is 3.05. The van der Waals surface area contributed by atoms with Crippen LogP contribution in [0.15, 0.2) is 41.5 Å². The molecule has 0 radical (unpaired) electrons. The number of rotatable bonds is 7. The van der Waals surface area contributed by atoms with Crippen LogP contribution in [0.1, 0.15) is 23.7 Å². The highest BCUT2D eigenvalue weighted by molar-refractivity contribution is 5.79. The predicted octanol–water partition coefficient (Wildman–Crippen LogP) is 3.01. The van der Waals surface area contributed by atoms with Gasteiger partial charge in [0.05, 0.1) is 0 Å². The Balaban J connectivity index is 1.85. The van der Waals surface area contributed by atoms with E-state index in [1.807, 2.05) is 26.1 Å². The standard InChI is InChI=1S/C19H24F2N4/c1-3-22-19(23-10-8-15-5-4-14(2)25-13-15)24-11-9-16-12-17(20)6-7-18(16)21/h4-7,12-13H,3,8-11H2,1-2H3,(H2,22,23,24). The molecule has 2 N–H and O–H groups in total.